The maximum absolute atomic E-state index is 6.40. The first kappa shape index (κ1) is 21.9. The second-order valence-electron chi connectivity index (χ2n) is 5.68. The summed E-state index contributed by atoms with van der Waals surface area (Å²) in [6.07, 6.45) is 1.07. The van der Waals surface area contributed by atoms with Crippen molar-refractivity contribution in [3.05, 3.63) is 57.6 Å². The van der Waals surface area contributed by atoms with Gasteiger partial charge in [0.15, 0.2) is 11.5 Å². The van der Waals surface area contributed by atoms with E-state index in [1.165, 1.54) is 0 Å². The summed E-state index contributed by atoms with van der Waals surface area (Å²) in [4.78, 5) is 0. The summed E-state index contributed by atoms with van der Waals surface area (Å²) in [5, 5.41) is 4.64. The average molecular weight is 405 g/mol. The van der Waals surface area contributed by atoms with Gasteiger partial charge in [0, 0.05) is 23.2 Å². The van der Waals surface area contributed by atoms with E-state index in [0.29, 0.717) is 34.2 Å². The lowest BCUT2D eigenvalue weighted by molar-refractivity contribution is 0.284. The zero-order valence-corrected chi connectivity index (χ0v) is 17.0. The Bertz CT molecular complexity index is 680. The number of ether oxygens (including phenoxy) is 2. The number of hydrogen-bond donors (Lipinski definition) is 1. The minimum Gasteiger partial charge on any atom is -0.493 e. The first-order valence-electron chi connectivity index (χ1n) is 8.01. The molecule has 1 unspecified atom stereocenters. The first-order valence-corrected chi connectivity index (χ1v) is 8.76. The van der Waals surface area contributed by atoms with Crippen LogP contribution in [0.5, 0.6) is 11.5 Å². The smallest absolute Gasteiger partial charge is 0.180 e. The van der Waals surface area contributed by atoms with E-state index in [1.54, 1.807) is 7.11 Å². The highest BCUT2D eigenvalue weighted by Crippen LogP contribution is 2.37. The van der Waals surface area contributed by atoms with Crippen LogP contribution >= 0.6 is 35.6 Å². The summed E-state index contributed by atoms with van der Waals surface area (Å²) >= 11 is 12.6. The number of halogens is 3. The van der Waals surface area contributed by atoms with E-state index in [2.05, 4.69) is 19.2 Å². The third-order valence-electron chi connectivity index (χ3n) is 3.89. The molecule has 3 nitrogen and oxygen atoms in total. The molecule has 0 aliphatic rings. The number of nitrogens with one attached hydrogen (secondary N) is 1. The summed E-state index contributed by atoms with van der Waals surface area (Å²) in [6.45, 7) is 5.37. The zero-order chi connectivity index (χ0) is 17.5. The second kappa shape index (κ2) is 10.8. The van der Waals surface area contributed by atoms with E-state index in [4.69, 9.17) is 32.7 Å². The molecule has 0 bridgehead atoms. The predicted molar refractivity (Wildman–Crippen MR) is 108 cm³/mol. The lowest BCUT2D eigenvalue weighted by Crippen LogP contribution is -2.24. The van der Waals surface area contributed by atoms with Crippen molar-refractivity contribution in [2.75, 3.05) is 7.11 Å². The van der Waals surface area contributed by atoms with E-state index in [-0.39, 0.29) is 12.4 Å². The number of hydrogen-bond acceptors (Lipinski definition) is 3. The summed E-state index contributed by atoms with van der Waals surface area (Å²) in [6, 6.07) is 11.9. The van der Waals surface area contributed by atoms with Crippen molar-refractivity contribution in [2.45, 2.75) is 39.5 Å². The second-order valence-corrected chi connectivity index (χ2v) is 6.49. The molecule has 0 heterocycles. The number of methoxy groups -OCH3 is 1. The third-order valence-corrected chi connectivity index (χ3v) is 4.54. The van der Waals surface area contributed by atoms with Crippen LogP contribution in [0.25, 0.3) is 0 Å². The standard InChI is InChI=1S/C19H23Cl2NO2.ClH/c1-4-13(2)22-11-14-9-17(21)19(18(10-14)23-3)24-12-15-7-5-6-8-16(15)20;/h5-10,13,22H,4,11-12H2,1-3H3;1H. The van der Waals surface area contributed by atoms with Crippen molar-refractivity contribution < 1.29 is 9.47 Å². The van der Waals surface area contributed by atoms with Gasteiger partial charge in [-0.3, -0.25) is 0 Å². The minimum absolute atomic E-state index is 0. The summed E-state index contributed by atoms with van der Waals surface area (Å²) < 4.78 is 11.3. The highest BCUT2D eigenvalue weighted by Gasteiger charge is 2.13. The average Bonchev–Trinajstić information content (AvgIpc) is 2.59. The van der Waals surface area contributed by atoms with Gasteiger partial charge in [0.25, 0.3) is 0 Å². The van der Waals surface area contributed by atoms with Gasteiger partial charge < -0.3 is 14.8 Å². The molecule has 0 spiro atoms. The molecular formula is C19H24Cl3NO2. The lowest BCUT2D eigenvalue weighted by Gasteiger charge is -2.16. The SMILES string of the molecule is CCC(C)NCc1cc(Cl)c(OCc2ccccc2Cl)c(OC)c1.Cl. The summed E-state index contributed by atoms with van der Waals surface area (Å²) in [5.74, 6) is 1.15. The molecule has 2 aromatic carbocycles. The fraction of sp³-hybridized carbons (Fsp3) is 0.368. The van der Waals surface area contributed by atoms with Crippen molar-refractivity contribution in [1.82, 2.24) is 5.32 Å². The fourth-order valence-corrected chi connectivity index (χ4v) is 2.70. The van der Waals surface area contributed by atoms with Gasteiger partial charge in [-0.1, -0.05) is 48.3 Å². The van der Waals surface area contributed by atoms with Gasteiger partial charge >= 0.3 is 0 Å². The molecule has 0 fully saturated rings. The number of rotatable bonds is 8. The minimum atomic E-state index is 0. The fourth-order valence-electron chi connectivity index (χ4n) is 2.22. The van der Waals surface area contributed by atoms with Crippen LogP contribution in [0.15, 0.2) is 36.4 Å². The lowest BCUT2D eigenvalue weighted by atomic mass is 10.1. The highest BCUT2D eigenvalue weighted by atomic mass is 35.5. The van der Waals surface area contributed by atoms with Crippen molar-refractivity contribution in [3.63, 3.8) is 0 Å². The first-order chi connectivity index (χ1) is 11.5. The predicted octanol–water partition coefficient (Wildman–Crippen LogP) is 5.89. The van der Waals surface area contributed by atoms with Crippen molar-refractivity contribution in [3.8, 4) is 11.5 Å². The van der Waals surface area contributed by atoms with Crippen LogP contribution in [0.4, 0.5) is 0 Å². The van der Waals surface area contributed by atoms with Gasteiger partial charge in [0.2, 0.25) is 0 Å². The van der Waals surface area contributed by atoms with Crippen molar-refractivity contribution >= 4 is 35.6 Å². The van der Waals surface area contributed by atoms with Gasteiger partial charge in [-0.15, -0.1) is 12.4 Å². The molecule has 6 heteroatoms. The Morgan fingerprint density at radius 2 is 1.84 bits per heavy atom. The number of benzene rings is 2. The summed E-state index contributed by atoms with van der Waals surface area (Å²) in [5.41, 5.74) is 1.96. The molecule has 2 rings (SSSR count). The normalized spacial score (nSPS) is 11.6. The molecule has 0 radical (unpaired) electrons. The van der Waals surface area contributed by atoms with Crippen LogP contribution in [0.3, 0.4) is 0 Å². The van der Waals surface area contributed by atoms with Crippen LogP contribution in [-0.4, -0.2) is 13.2 Å². The van der Waals surface area contributed by atoms with E-state index in [0.717, 1.165) is 24.1 Å². The van der Waals surface area contributed by atoms with E-state index in [1.807, 2.05) is 36.4 Å². The zero-order valence-electron chi connectivity index (χ0n) is 14.6. The molecule has 2 aromatic rings. The Morgan fingerprint density at radius 1 is 1.12 bits per heavy atom. The van der Waals surface area contributed by atoms with Gasteiger partial charge in [-0.25, -0.2) is 0 Å². The molecule has 0 aliphatic heterocycles. The van der Waals surface area contributed by atoms with Crippen LogP contribution in [-0.2, 0) is 13.2 Å². The molecule has 1 N–H and O–H groups in total. The van der Waals surface area contributed by atoms with E-state index >= 15 is 0 Å². The molecule has 138 valence electrons. The van der Waals surface area contributed by atoms with Crippen LogP contribution < -0.4 is 14.8 Å². The Hall–Kier alpha value is -1.13. The van der Waals surface area contributed by atoms with Gasteiger partial charge in [-0.05, 0) is 37.1 Å². The van der Waals surface area contributed by atoms with Crippen LogP contribution in [0.1, 0.15) is 31.4 Å². The van der Waals surface area contributed by atoms with Gasteiger partial charge in [-0.2, -0.15) is 0 Å². The van der Waals surface area contributed by atoms with E-state index in [9.17, 15) is 0 Å². The van der Waals surface area contributed by atoms with Crippen LogP contribution in [0.2, 0.25) is 10.0 Å². The third kappa shape index (κ3) is 6.27. The molecular weight excluding hydrogens is 381 g/mol. The molecule has 25 heavy (non-hydrogen) atoms. The maximum Gasteiger partial charge on any atom is 0.180 e. The molecule has 0 aliphatic carbocycles. The Morgan fingerprint density at radius 3 is 2.48 bits per heavy atom. The van der Waals surface area contributed by atoms with Gasteiger partial charge in [0.05, 0.1) is 12.1 Å². The van der Waals surface area contributed by atoms with Crippen molar-refractivity contribution in [1.29, 1.82) is 0 Å². The largest absolute Gasteiger partial charge is 0.493 e. The topological polar surface area (TPSA) is 30.5 Å². The molecule has 1 atom stereocenters. The van der Waals surface area contributed by atoms with Gasteiger partial charge in [0.1, 0.15) is 6.61 Å². The molecule has 0 amide bonds. The highest BCUT2D eigenvalue weighted by molar-refractivity contribution is 6.32. The van der Waals surface area contributed by atoms with Crippen molar-refractivity contribution in [2.24, 2.45) is 0 Å². The molecule has 0 saturated carbocycles. The Labute approximate surface area is 166 Å². The molecule has 0 aromatic heterocycles. The quantitative estimate of drug-likeness (QED) is 0.595. The monoisotopic (exact) mass is 403 g/mol. The molecule has 0 saturated heterocycles. The van der Waals surface area contributed by atoms with E-state index < -0.39 is 0 Å². The summed E-state index contributed by atoms with van der Waals surface area (Å²) in [7, 11) is 1.61. The van der Waals surface area contributed by atoms with Crippen LogP contribution in [0, 0.1) is 0 Å². The Balaban J connectivity index is 0.00000312. The maximum atomic E-state index is 6.40. The Kier molecular flexibility index (Phi) is 9.44.